The van der Waals surface area contributed by atoms with Gasteiger partial charge in [0.15, 0.2) is 0 Å². The van der Waals surface area contributed by atoms with Gasteiger partial charge in [-0.25, -0.2) is 0 Å². The van der Waals surface area contributed by atoms with Gasteiger partial charge in [0.1, 0.15) is 0 Å². The summed E-state index contributed by atoms with van der Waals surface area (Å²) in [6, 6.07) is 0. The molecule has 0 radical (unpaired) electrons. The summed E-state index contributed by atoms with van der Waals surface area (Å²) in [4.78, 5) is 2.21. The maximum Gasteiger partial charge on any atom is 0.0718 e. The highest BCUT2D eigenvalue weighted by molar-refractivity contribution is 4.83. The molecule has 0 heterocycles. The van der Waals surface area contributed by atoms with E-state index in [2.05, 4.69) is 17.9 Å². The minimum Gasteiger partial charge on any atom is -0.389 e. The van der Waals surface area contributed by atoms with Crippen LogP contribution in [0.4, 0.5) is 0 Å². The van der Waals surface area contributed by atoms with Gasteiger partial charge in [0, 0.05) is 13.1 Å². The Morgan fingerprint density at radius 2 is 2.00 bits per heavy atom. The molecular formula is C10H21NO. The van der Waals surface area contributed by atoms with Crippen LogP contribution in [0.3, 0.4) is 0 Å². The number of rotatable bonds is 5. The van der Waals surface area contributed by atoms with E-state index in [4.69, 9.17) is 0 Å². The van der Waals surface area contributed by atoms with Crippen molar-refractivity contribution in [3.05, 3.63) is 12.2 Å². The Hall–Kier alpha value is -0.340. The number of allylic oxidation sites excluding steroid dienone is 1. The van der Waals surface area contributed by atoms with E-state index < -0.39 is 5.60 Å². The molecule has 0 aliphatic heterocycles. The molecule has 0 aromatic heterocycles. The molecule has 12 heavy (non-hydrogen) atoms. The second-order valence-electron chi connectivity index (χ2n) is 3.71. The highest BCUT2D eigenvalue weighted by Crippen LogP contribution is 2.04. The average molecular weight is 171 g/mol. The van der Waals surface area contributed by atoms with Crippen molar-refractivity contribution in [3.63, 3.8) is 0 Å². The van der Waals surface area contributed by atoms with Crippen molar-refractivity contribution in [1.29, 1.82) is 0 Å². The molecule has 0 saturated carbocycles. The molecule has 2 nitrogen and oxygen atoms in total. The zero-order chi connectivity index (χ0) is 9.61. The molecule has 0 saturated heterocycles. The number of likely N-dealkylation sites (N-methyl/N-ethyl adjacent to an activating group) is 1. The van der Waals surface area contributed by atoms with Crippen LogP contribution in [0.5, 0.6) is 0 Å². The zero-order valence-corrected chi connectivity index (χ0v) is 8.67. The minimum atomic E-state index is -0.586. The van der Waals surface area contributed by atoms with Crippen molar-refractivity contribution in [2.45, 2.75) is 33.3 Å². The summed E-state index contributed by atoms with van der Waals surface area (Å²) in [7, 11) is 0. The van der Waals surface area contributed by atoms with Crippen LogP contribution in [0, 0.1) is 0 Å². The molecule has 0 spiro atoms. The third kappa shape index (κ3) is 6.38. The lowest BCUT2D eigenvalue weighted by atomic mass is 10.1. The molecular weight excluding hydrogens is 150 g/mol. The first-order chi connectivity index (χ1) is 5.49. The van der Waals surface area contributed by atoms with Gasteiger partial charge in [-0.05, 0) is 27.3 Å². The van der Waals surface area contributed by atoms with E-state index in [-0.39, 0.29) is 0 Å². The van der Waals surface area contributed by atoms with E-state index in [0.29, 0.717) is 0 Å². The van der Waals surface area contributed by atoms with Gasteiger partial charge in [0.25, 0.3) is 0 Å². The van der Waals surface area contributed by atoms with E-state index in [1.807, 2.05) is 26.8 Å². The van der Waals surface area contributed by atoms with Crippen LogP contribution in [0.15, 0.2) is 12.2 Å². The van der Waals surface area contributed by atoms with E-state index in [1.165, 1.54) is 0 Å². The Bertz CT molecular complexity index is 135. The molecule has 2 heteroatoms. The quantitative estimate of drug-likeness (QED) is 0.636. The number of aliphatic hydroxyl groups is 1. The summed E-state index contributed by atoms with van der Waals surface area (Å²) < 4.78 is 0. The molecule has 0 unspecified atom stereocenters. The number of nitrogens with zero attached hydrogens (tertiary/aromatic N) is 1. The van der Waals surface area contributed by atoms with Crippen molar-refractivity contribution in [2.24, 2.45) is 0 Å². The van der Waals surface area contributed by atoms with Gasteiger partial charge in [-0.1, -0.05) is 19.1 Å². The standard InChI is InChI=1S/C10H21NO/c1-5-7-8-11(6-2)9-10(3,4)12/h5,7,12H,6,8-9H2,1-4H3. The fourth-order valence-corrected chi connectivity index (χ4v) is 1.11. The number of hydrogen-bond acceptors (Lipinski definition) is 2. The van der Waals surface area contributed by atoms with Crippen molar-refractivity contribution in [2.75, 3.05) is 19.6 Å². The summed E-state index contributed by atoms with van der Waals surface area (Å²) in [5.74, 6) is 0. The molecule has 72 valence electrons. The second-order valence-corrected chi connectivity index (χ2v) is 3.71. The third-order valence-electron chi connectivity index (χ3n) is 1.66. The largest absolute Gasteiger partial charge is 0.389 e. The van der Waals surface area contributed by atoms with Crippen molar-refractivity contribution >= 4 is 0 Å². The number of hydrogen-bond donors (Lipinski definition) is 1. The first kappa shape index (κ1) is 11.7. The fourth-order valence-electron chi connectivity index (χ4n) is 1.11. The van der Waals surface area contributed by atoms with Gasteiger partial charge in [0.05, 0.1) is 5.60 Å². The summed E-state index contributed by atoms with van der Waals surface area (Å²) in [6.07, 6.45) is 4.14. The van der Waals surface area contributed by atoms with Gasteiger partial charge in [-0.15, -0.1) is 0 Å². The molecule has 0 amide bonds. The van der Waals surface area contributed by atoms with Crippen LogP contribution in [0.1, 0.15) is 27.7 Å². The first-order valence-electron chi connectivity index (χ1n) is 4.55. The SMILES string of the molecule is CC=CCN(CC)CC(C)(C)O. The lowest BCUT2D eigenvalue weighted by Gasteiger charge is -2.26. The van der Waals surface area contributed by atoms with Gasteiger partial charge >= 0.3 is 0 Å². The van der Waals surface area contributed by atoms with Crippen LogP contribution in [0.25, 0.3) is 0 Å². The van der Waals surface area contributed by atoms with Crippen LogP contribution >= 0.6 is 0 Å². The fraction of sp³-hybridized carbons (Fsp3) is 0.800. The molecule has 0 aliphatic rings. The molecule has 0 aliphatic carbocycles. The topological polar surface area (TPSA) is 23.5 Å². The molecule has 0 rings (SSSR count). The Labute approximate surface area is 75.9 Å². The highest BCUT2D eigenvalue weighted by Gasteiger charge is 2.15. The van der Waals surface area contributed by atoms with Crippen molar-refractivity contribution in [3.8, 4) is 0 Å². The van der Waals surface area contributed by atoms with Gasteiger partial charge in [-0.3, -0.25) is 4.90 Å². The summed E-state index contributed by atoms with van der Waals surface area (Å²) in [6.45, 7) is 10.4. The molecule has 0 bridgehead atoms. The van der Waals surface area contributed by atoms with Gasteiger partial charge < -0.3 is 5.11 Å². The van der Waals surface area contributed by atoms with Crippen LogP contribution < -0.4 is 0 Å². The summed E-state index contributed by atoms with van der Waals surface area (Å²) in [5.41, 5.74) is -0.586. The van der Waals surface area contributed by atoms with E-state index in [9.17, 15) is 5.11 Å². The van der Waals surface area contributed by atoms with Gasteiger partial charge in [-0.2, -0.15) is 0 Å². The molecule has 1 N–H and O–H groups in total. The van der Waals surface area contributed by atoms with Crippen LogP contribution in [0.2, 0.25) is 0 Å². The van der Waals surface area contributed by atoms with Crippen LogP contribution in [-0.4, -0.2) is 35.2 Å². The minimum absolute atomic E-state index is 0.586. The molecule has 0 atom stereocenters. The monoisotopic (exact) mass is 171 g/mol. The zero-order valence-electron chi connectivity index (χ0n) is 8.67. The lowest BCUT2D eigenvalue weighted by molar-refractivity contribution is 0.0416. The highest BCUT2D eigenvalue weighted by atomic mass is 16.3. The predicted octanol–water partition coefficient (Wildman–Crippen LogP) is 1.66. The normalized spacial score (nSPS) is 13.2. The Balaban J connectivity index is 3.83. The van der Waals surface area contributed by atoms with E-state index >= 15 is 0 Å². The van der Waals surface area contributed by atoms with Crippen molar-refractivity contribution < 1.29 is 5.11 Å². The maximum atomic E-state index is 9.55. The summed E-state index contributed by atoms with van der Waals surface area (Å²) in [5, 5.41) is 9.55. The van der Waals surface area contributed by atoms with Crippen LogP contribution in [-0.2, 0) is 0 Å². The van der Waals surface area contributed by atoms with E-state index in [1.54, 1.807) is 0 Å². The Kier molecular flexibility index (Phi) is 5.18. The first-order valence-corrected chi connectivity index (χ1v) is 4.55. The lowest BCUT2D eigenvalue weighted by Crippen LogP contribution is -2.38. The molecule has 0 aromatic carbocycles. The average Bonchev–Trinajstić information content (AvgIpc) is 1.95. The second kappa shape index (κ2) is 5.33. The third-order valence-corrected chi connectivity index (χ3v) is 1.66. The Morgan fingerprint density at radius 1 is 1.42 bits per heavy atom. The van der Waals surface area contributed by atoms with Crippen molar-refractivity contribution in [1.82, 2.24) is 4.90 Å². The molecule has 0 fully saturated rings. The maximum absolute atomic E-state index is 9.55. The Morgan fingerprint density at radius 3 is 2.33 bits per heavy atom. The predicted molar refractivity (Wildman–Crippen MR) is 53.2 cm³/mol. The smallest absolute Gasteiger partial charge is 0.0718 e. The summed E-state index contributed by atoms with van der Waals surface area (Å²) >= 11 is 0. The molecule has 0 aromatic rings. The van der Waals surface area contributed by atoms with Gasteiger partial charge in [0.2, 0.25) is 0 Å². The van der Waals surface area contributed by atoms with E-state index in [0.717, 1.165) is 19.6 Å².